The Labute approximate surface area is 270 Å². The van der Waals surface area contributed by atoms with E-state index in [0.717, 1.165) is 83.1 Å². The van der Waals surface area contributed by atoms with Crippen molar-refractivity contribution in [2.45, 2.75) is 168 Å². The molecule has 0 spiro atoms. The van der Waals surface area contributed by atoms with Crippen LogP contribution in [0.2, 0.25) is 0 Å². The molecule has 2 saturated heterocycles. The van der Waals surface area contributed by atoms with Gasteiger partial charge >= 0.3 is 0 Å². The summed E-state index contributed by atoms with van der Waals surface area (Å²) in [5.74, 6) is 11.2. The fourth-order valence-electron chi connectivity index (χ4n) is 16.9. The first kappa shape index (κ1) is 28.5. The molecule has 8 aliphatic carbocycles. The Balaban J connectivity index is 0.994. The second-order valence-electron chi connectivity index (χ2n) is 19.9. The van der Waals surface area contributed by atoms with Gasteiger partial charge in [-0.1, -0.05) is 59.5 Å². The van der Waals surface area contributed by atoms with Crippen LogP contribution in [0.3, 0.4) is 0 Å². The van der Waals surface area contributed by atoms with E-state index in [9.17, 15) is 0 Å². The lowest BCUT2D eigenvalue weighted by molar-refractivity contribution is -0.0718. The summed E-state index contributed by atoms with van der Waals surface area (Å²) in [6.45, 7) is 10.9. The van der Waals surface area contributed by atoms with Gasteiger partial charge < -0.3 is 9.64 Å². The third kappa shape index (κ3) is 3.71. The highest BCUT2D eigenvalue weighted by molar-refractivity contribution is 5.26. The van der Waals surface area contributed by atoms with E-state index in [1.54, 1.807) is 6.42 Å². The maximum atomic E-state index is 7.34. The Hall–Kier alpha value is -0.500. The summed E-state index contributed by atoms with van der Waals surface area (Å²) in [4.78, 5) is 3.24. The molecule has 10 rings (SSSR count). The second-order valence-corrected chi connectivity index (χ2v) is 19.9. The van der Waals surface area contributed by atoms with Gasteiger partial charge in [0.05, 0.1) is 12.2 Å². The van der Waals surface area contributed by atoms with E-state index in [2.05, 4.69) is 38.7 Å². The van der Waals surface area contributed by atoms with Gasteiger partial charge in [0.15, 0.2) is 0 Å². The summed E-state index contributed by atoms with van der Waals surface area (Å²) in [6.07, 6.45) is 30.6. The lowest BCUT2D eigenvalue weighted by Gasteiger charge is -2.49. The van der Waals surface area contributed by atoms with Crippen LogP contribution >= 0.6 is 0 Å². The van der Waals surface area contributed by atoms with Crippen LogP contribution in [0.15, 0.2) is 11.8 Å². The molecule has 0 aromatic heterocycles. The molecule has 2 nitrogen and oxygen atoms in total. The Bertz CT molecular complexity index is 1170. The molecule has 0 aromatic rings. The normalized spacial score (nSPS) is 56.3. The van der Waals surface area contributed by atoms with E-state index >= 15 is 0 Å². The lowest BCUT2D eigenvalue weighted by atomic mass is 9.59. The van der Waals surface area contributed by atoms with Crippen molar-refractivity contribution >= 4 is 0 Å². The molecule has 2 heterocycles. The van der Waals surface area contributed by atoms with E-state index in [1.807, 2.05) is 5.70 Å². The molecule has 16 unspecified atom stereocenters. The minimum atomic E-state index is 0.497. The molecule has 0 bridgehead atoms. The van der Waals surface area contributed by atoms with Gasteiger partial charge in [-0.3, -0.25) is 0 Å². The standard InChI is InChI=1S/C42H65NO/c1-41(2)30-14-8-5-11-25(30)26-18-17-24(23-33(26)41)43-34-15-9-6-13-29(34)37-35(43)22-21-31-38(37)39-32(42(31,3)4)20-19-28-27-12-7-10-16-36(27)44-40(28)39/h15,24-33,35-40H,5-14,16-23H2,1-4H3. The minimum absolute atomic E-state index is 0.497. The van der Waals surface area contributed by atoms with Crippen LogP contribution < -0.4 is 0 Å². The number of hydrogen-bond donors (Lipinski definition) is 0. The van der Waals surface area contributed by atoms with E-state index < -0.39 is 0 Å². The summed E-state index contributed by atoms with van der Waals surface area (Å²) in [5.41, 5.74) is 2.94. The number of fused-ring (bicyclic) bond motifs is 14. The maximum Gasteiger partial charge on any atom is 0.0644 e. The molecule has 7 saturated carbocycles. The lowest BCUT2D eigenvalue weighted by Crippen LogP contribution is -2.50. The van der Waals surface area contributed by atoms with Crippen LogP contribution in [0.1, 0.15) is 143 Å². The van der Waals surface area contributed by atoms with Gasteiger partial charge in [-0.2, -0.15) is 0 Å². The van der Waals surface area contributed by atoms with E-state index in [1.165, 1.54) is 109 Å². The molecule has 244 valence electrons. The molecule has 0 N–H and O–H groups in total. The van der Waals surface area contributed by atoms with E-state index in [0.29, 0.717) is 23.0 Å². The molecule has 9 fully saturated rings. The van der Waals surface area contributed by atoms with Crippen LogP contribution in [-0.4, -0.2) is 29.2 Å². The predicted molar refractivity (Wildman–Crippen MR) is 179 cm³/mol. The summed E-state index contributed by atoms with van der Waals surface area (Å²) in [5, 5.41) is 0. The van der Waals surface area contributed by atoms with Crippen LogP contribution in [-0.2, 0) is 4.74 Å². The molecule has 0 radical (unpaired) electrons. The topological polar surface area (TPSA) is 12.5 Å². The smallest absolute Gasteiger partial charge is 0.0644 e. The summed E-state index contributed by atoms with van der Waals surface area (Å²) < 4.78 is 7.34. The first-order valence-corrected chi connectivity index (χ1v) is 20.5. The van der Waals surface area contributed by atoms with Crippen molar-refractivity contribution in [2.75, 3.05) is 0 Å². The van der Waals surface area contributed by atoms with Crippen LogP contribution in [0.4, 0.5) is 0 Å². The van der Waals surface area contributed by atoms with Gasteiger partial charge in [-0.15, -0.1) is 0 Å². The van der Waals surface area contributed by atoms with Crippen LogP contribution in [0.25, 0.3) is 0 Å². The fraction of sp³-hybridized carbons (Fsp3) is 0.952. The first-order valence-electron chi connectivity index (χ1n) is 20.5. The number of nitrogens with zero attached hydrogens (tertiary/aromatic N) is 1. The third-order valence-corrected chi connectivity index (χ3v) is 18.3. The molecule has 2 heteroatoms. The number of likely N-dealkylation sites (tertiary alicyclic amines) is 1. The first-order chi connectivity index (χ1) is 21.4. The third-order valence-electron chi connectivity index (χ3n) is 18.3. The highest BCUT2D eigenvalue weighted by Gasteiger charge is 2.69. The van der Waals surface area contributed by atoms with Crippen molar-refractivity contribution in [1.82, 2.24) is 4.90 Å². The van der Waals surface area contributed by atoms with Gasteiger partial charge in [-0.25, -0.2) is 0 Å². The second kappa shape index (κ2) is 10.0. The quantitative estimate of drug-likeness (QED) is 0.297. The summed E-state index contributed by atoms with van der Waals surface area (Å²) in [7, 11) is 0. The average Bonchev–Trinajstić information content (AvgIpc) is 3.72. The Kier molecular flexibility index (Phi) is 6.49. The molecule has 10 aliphatic rings. The average molecular weight is 600 g/mol. The van der Waals surface area contributed by atoms with Gasteiger partial charge in [0.1, 0.15) is 0 Å². The van der Waals surface area contributed by atoms with Crippen molar-refractivity contribution in [3.63, 3.8) is 0 Å². The SMILES string of the molecule is CC1(C)C2CCCCC2C2CCC(N3C4=CCCCC4C4C5C6C7OC8CCCCC8C7CCC6C(C)(C)C5CCC43)CC21. The molecule has 0 amide bonds. The van der Waals surface area contributed by atoms with E-state index in [-0.39, 0.29) is 0 Å². The van der Waals surface area contributed by atoms with E-state index in [4.69, 9.17) is 4.74 Å². The summed E-state index contributed by atoms with van der Waals surface area (Å²) in [6, 6.07) is 1.65. The molecule has 44 heavy (non-hydrogen) atoms. The van der Waals surface area contributed by atoms with Crippen LogP contribution in [0.5, 0.6) is 0 Å². The summed E-state index contributed by atoms with van der Waals surface area (Å²) >= 11 is 0. The van der Waals surface area contributed by atoms with Crippen molar-refractivity contribution in [3.8, 4) is 0 Å². The zero-order valence-electron chi connectivity index (χ0n) is 28.9. The Morgan fingerprint density at radius 3 is 2.18 bits per heavy atom. The van der Waals surface area contributed by atoms with Crippen molar-refractivity contribution in [3.05, 3.63) is 11.8 Å². The molecular formula is C42H65NO. The zero-order valence-corrected chi connectivity index (χ0v) is 28.9. The van der Waals surface area contributed by atoms with Crippen molar-refractivity contribution in [1.29, 1.82) is 0 Å². The van der Waals surface area contributed by atoms with Crippen LogP contribution in [0, 0.1) is 81.8 Å². The largest absolute Gasteiger partial charge is 0.374 e. The van der Waals surface area contributed by atoms with Gasteiger partial charge in [0.2, 0.25) is 0 Å². The Morgan fingerprint density at radius 2 is 1.30 bits per heavy atom. The number of ether oxygens (including phenoxy) is 1. The predicted octanol–water partition coefficient (Wildman–Crippen LogP) is 10.3. The fourth-order valence-corrected chi connectivity index (χ4v) is 16.9. The minimum Gasteiger partial charge on any atom is -0.374 e. The Morgan fingerprint density at radius 1 is 0.591 bits per heavy atom. The molecule has 2 aliphatic heterocycles. The highest BCUT2D eigenvalue weighted by atomic mass is 16.5. The number of hydrogen-bond acceptors (Lipinski definition) is 2. The molecular weight excluding hydrogens is 534 g/mol. The zero-order chi connectivity index (χ0) is 29.5. The number of allylic oxidation sites excluding steroid dienone is 2. The highest BCUT2D eigenvalue weighted by Crippen LogP contribution is 2.71. The van der Waals surface area contributed by atoms with Gasteiger partial charge in [-0.05, 0) is 166 Å². The van der Waals surface area contributed by atoms with Crippen molar-refractivity contribution in [2.24, 2.45) is 81.8 Å². The molecule has 0 aromatic carbocycles. The van der Waals surface area contributed by atoms with Gasteiger partial charge in [0.25, 0.3) is 0 Å². The van der Waals surface area contributed by atoms with Crippen molar-refractivity contribution < 1.29 is 4.74 Å². The van der Waals surface area contributed by atoms with Gasteiger partial charge in [0, 0.05) is 23.7 Å². The monoisotopic (exact) mass is 600 g/mol. The number of rotatable bonds is 1. The molecule has 16 atom stereocenters. The maximum absolute atomic E-state index is 7.34.